The van der Waals surface area contributed by atoms with Crippen molar-refractivity contribution in [3.05, 3.63) is 53.3 Å². The maximum Gasteiger partial charge on any atom is 0.178 e. The Kier molecular flexibility index (Phi) is 4.26. The van der Waals surface area contributed by atoms with Crippen LogP contribution in [0.1, 0.15) is 50.6 Å². The maximum absolute atomic E-state index is 4.66. The van der Waals surface area contributed by atoms with Crippen LogP contribution < -0.4 is 5.32 Å². The zero-order valence-corrected chi connectivity index (χ0v) is 15.0. The summed E-state index contributed by atoms with van der Waals surface area (Å²) in [4.78, 5) is 0. The number of rotatable bonds is 4. The Morgan fingerprint density at radius 1 is 1.04 bits per heavy atom. The second kappa shape index (κ2) is 6.23. The molecule has 3 aromatic rings. The SMILES string of the molecule is Cc1ccc(C(C)CNc2ccc3nnc(C(C)(C)C)n3n2)cc1. The first kappa shape index (κ1) is 16.4. The van der Waals surface area contributed by atoms with E-state index in [0.29, 0.717) is 5.92 Å². The van der Waals surface area contributed by atoms with Gasteiger partial charge in [-0.2, -0.15) is 4.52 Å². The predicted molar refractivity (Wildman–Crippen MR) is 97.6 cm³/mol. The summed E-state index contributed by atoms with van der Waals surface area (Å²) in [5.41, 5.74) is 3.29. The van der Waals surface area contributed by atoms with E-state index in [0.717, 1.165) is 23.8 Å². The minimum Gasteiger partial charge on any atom is -0.368 e. The van der Waals surface area contributed by atoms with Crippen LogP contribution in [0.25, 0.3) is 5.65 Å². The minimum absolute atomic E-state index is 0.0970. The number of hydrogen-bond donors (Lipinski definition) is 1. The largest absolute Gasteiger partial charge is 0.368 e. The summed E-state index contributed by atoms with van der Waals surface area (Å²) in [5.74, 6) is 2.12. The highest BCUT2D eigenvalue weighted by Gasteiger charge is 2.21. The number of fused-ring (bicyclic) bond motifs is 1. The van der Waals surface area contributed by atoms with E-state index in [1.807, 2.05) is 16.6 Å². The van der Waals surface area contributed by atoms with Gasteiger partial charge in [0.05, 0.1) is 0 Å². The Morgan fingerprint density at radius 3 is 2.42 bits per heavy atom. The van der Waals surface area contributed by atoms with Gasteiger partial charge >= 0.3 is 0 Å². The summed E-state index contributed by atoms with van der Waals surface area (Å²) < 4.78 is 1.83. The molecule has 126 valence electrons. The second-order valence-electron chi connectivity index (χ2n) is 7.45. The molecule has 0 aliphatic carbocycles. The van der Waals surface area contributed by atoms with Crippen LogP contribution in [0, 0.1) is 6.92 Å². The van der Waals surface area contributed by atoms with Crippen molar-refractivity contribution in [1.29, 1.82) is 0 Å². The van der Waals surface area contributed by atoms with Gasteiger partial charge in [-0.3, -0.25) is 0 Å². The topological polar surface area (TPSA) is 55.1 Å². The van der Waals surface area contributed by atoms with Crippen molar-refractivity contribution in [3.8, 4) is 0 Å². The summed E-state index contributed by atoms with van der Waals surface area (Å²) >= 11 is 0. The number of anilines is 1. The van der Waals surface area contributed by atoms with E-state index in [2.05, 4.69) is 79.5 Å². The maximum atomic E-state index is 4.66. The van der Waals surface area contributed by atoms with Gasteiger partial charge < -0.3 is 5.32 Å². The van der Waals surface area contributed by atoms with Crippen molar-refractivity contribution in [2.45, 2.75) is 46.0 Å². The molecule has 3 rings (SSSR count). The van der Waals surface area contributed by atoms with Gasteiger partial charge in [-0.15, -0.1) is 15.3 Å². The van der Waals surface area contributed by atoms with Gasteiger partial charge in [-0.05, 0) is 30.5 Å². The van der Waals surface area contributed by atoms with E-state index in [4.69, 9.17) is 0 Å². The molecule has 1 aromatic carbocycles. The van der Waals surface area contributed by atoms with Crippen LogP contribution in [-0.4, -0.2) is 26.4 Å². The third kappa shape index (κ3) is 3.40. The number of benzene rings is 1. The van der Waals surface area contributed by atoms with Crippen molar-refractivity contribution < 1.29 is 0 Å². The van der Waals surface area contributed by atoms with Gasteiger partial charge in [-0.25, -0.2) is 0 Å². The van der Waals surface area contributed by atoms with Crippen molar-refractivity contribution in [1.82, 2.24) is 19.8 Å². The van der Waals surface area contributed by atoms with Gasteiger partial charge in [0, 0.05) is 12.0 Å². The Labute approximate surface area is 143 Å². The van der Waals surface area contributed by atoms with Gasteiger partial charge in [0.1, 0.15) is 5.82 Å². The molecule has 0 bridgehead atoms. The first-order chi connectivity index (χ1) is 11.3. The molecule has 0 fully saturated rings. The fourth-order valence-corrected chi connectivity index (χ4v) is 2.62. The second-order valence-corrected chi connectivity index (χ2v) is 7.45. The zero-order valence-electron chi connectivity index (χ0n) is 15.0. The predicted octanol–water partition coefficient (Wildman–Crippen LogP) is 3.95. The van der Waals surface area contributed by atoms with Gasteiger partial charge in [0.15, 0.2) is 11.5 Å². The third-order valence-electron chi connectivity index (χ3n) is 4.17. The number of aryl methyl sites for hydroxylation is 1. The number of nitrogens with zero attached hydrogens (tertiary/aromatic N) is 4. The lowest BCUT2D eigenvalue weighted by atomic mass is 9.96. The molecule has 0 aliphatic heterocycles. The van der Waals surface area contributed by atoms with Gasteiger partial charge in [-0.1, -0.05) is 57.5 Å². The van der Waals surface area contributed by atoms with Crippen LogP contribution in [0.2, 0.25) is 0 Å². The van der Waals surface area contributed by atoms with E-state index in [9.17, 15) is 0 Å². The zero-order chi connectivity index (χ0) is 17.3. The van der Waals surface area contributed by atoms with Crippen LogP contribution in [0.3, 0.4) is 0 Å². The van der Waals surface area contributed by atoms with Crippen molar-refractivity contribution in [3.63, 3.8) is 0 Å². The quantitative estimate of drug-likeness (QED) is 0.790. The molecular formula is C19H25N5. The van der Waals surface area contributed by atoms with E-state index in [1.165, 1.54) is 11.1 Å². The van der Waals surface area contributed by atoms with Gasteiger partial charge in [0.25, 0.3) is 0 Å². The summed E-state index contributed by atoms with van der Waals surface area (Å²) in [6.45, 7) is 11.5. The average molecular weight is 323 g/mol. The van der Waals surface area contributed by atoms with Crippen LogP contribution in [0.5, 0.6) is 0 Å². The third-order valence-corrected chi connectivity index (χ3v) is 4.17. The lowest BCUT2D eigenvalue weighted by molar-refractivity contribution is 0.527. The molecule has 5 heteroatoms. The summed E-state index contributed by atoms with van der Waals surface area (Å²) in [7, 11) is 0. The molecule has 2 aromatic heterocycles. The fourth-order valence-electron chi connectivity index (χ4n) is 2.62. The molecule has 5 nitrogen and oxygen atoms in total. The van der Waals surface area contributed by atoms with Crippen LogP contribution in [0.4, 0.5) is 5.82 Å². The normalized spacial score (nSPS) is 13.2. The standard InChI is InChI=1S/C19H25N5/c1-13-6-8-15(9-7-13)14(2)12-20-16-10-11-17-21-22-18(19(3,4)5)24(17)23-16/h6-11,14H,12H2,1-5H3,(H,20,23). The summed E-state index contributed by atoms with van der Waals surface area (Å²) in [6, 6.07) is 12.6. The van der Waals surface area contributed by atoms with E-state index >= 15 is 0 Å². The Bertz CT molecular complexity index is 827. The van der Waals surface area contributed by atoms with Gasteiger partial charge in [0.2, 0.25) is 0 Å². The summed E-state index contributed by atoms with van der Waals surface area (Å²) in [5, 5.41) is 16.6. The average Bonchev–Trinajstić information content (AvgIpc) is 2.96. The molecule has 1 unspecified atom stereocenters. The molecule has 0 saturated carbocycles. The number of aromatic nitrogens is 4. The first-order valence-electron chi connectivity index (χ1n) is 8.38. The highest BCUT2D eigenvalue weighted by atomic mass is 15.4. The highest BCUT2D eigenvalue weighted by molar-refractivity contribution is 5.44. The smallest absolute Gasteiger partial charge is 0.178 e. The molecule has 1 N–H and O–H groups in total. The minimum atomic E-state index is -0.0970. The molecule has 0 saturated heterocycles. The Morgan fingerprint density at radius 2 is 1.75 bits per heavy atom. The molecular weight excluding hydrogens is 298 g/mol. The first-order valence-corrected chi connectivity index (χ1v) is 8.38. The number of nitrogens with one attached hydrogen (secondary N) is 1. The van der Waals surface area contributed by atoms with Crippen LogP contribution >= 0.6 is 0 Å². The molecule has 1 atom stereocenters. The highest BCUT2D eigenvalue weighted by Crippen LogP contribution is 2.21. The van der Waals surface area contributed by atoms with E-state index in [1.54, 1.807) is 0 Å². The lowest BCUT2D eigenvalue weighted by Crippen LogP contribution is -2.18. The van der Waals surface area contributed by atoms with Crippen molar-refractivity contribution >= 4 is 11.5 Å². The van der Waals surface area contributed by atoms with E-state index < -0.39 is 0 Å². The number of hydrogen-bond acceptors (Lipinski definition) is 4. The summed E-state index contributed by atoms with van der Waals surface area (Å²) in [6.07, 6.45) is 0. The van der Waals surface area contributed by atoms with Crippen LogP contribution in [0.15, 0.2) is 36.4 Å². The Hall–Kier alpha value is -2.43. The fraction of sp³-hybridized carbons (Fsp3) is 0.421. The molecule has 24 heavy (non-hydrogen) atoms. The molecule has 2 heterocycles. The molecule has 0 radical (unpaired) electrons. The lowest BCUT2D eigenvalue weighted by Gasteiger charge is -2.16. The van der Waals surface area contributed by atoms with Crippen molar-refractivity contribution in [2.75, 3.05) is 11.9 Å². The molecule has 0 amide bonds. The molecule has 0 aliphatic rings. The molecule has 0 spiro atoms. The van der Waals surface area contributed by atoms with E-state index in [-0.39, 0.29) is 5.41 Å². The Balaban J connectivity index is 1.76. The van der Waals surface area contributed by atoms with Crippen LogP contribution in [-0.2, 0) is 5.41 Å². The monoisotopic (exact) mass is 323 g/mol. The van der Waals surface area contributed by atoms with Crippen molar-refractivity contribution in [2.24, 2.45) is 0 Å².